The summed E-state index contributed by atoms with van der Waals surface area (Å²) in [7, 11) is 0. The number of nitrogens with zero attached hydrogens (tertiary/aromatic N) is 1. The third-order valence-corrected chi connectivity index (χ3v) is 2.88. The van der Waals surface area contributed by atoms with Crippen molar-refractivity contribution in [2.24, 2.45) is 0 Å². The second-order valence-electron chi connectivity index (χ2n) is 4.48. The molecule has 0 aliphatic heterocycles. The molecule has 1 heterocycles. The summed E-state index contributed by atoms with van der Waals surface area (Å²) >= 11 is 0. The van der Waals surface area contributed by atoms with E-state index in [0.29, 0.717) is 30.2 Å². The number of pyridine rings is 1. The molecule has 110 valence electrons. The van der Waals surface area contributed by atoms with Crippen LogP contribution in [-0.2, 0) is 0 Å². The lowest BCUT2D eigenvalue weighted by Gasteiger charge is -2.08. The van der Waals surface area contributed by atoms with Crippen LogP contribution in [-0.4, -0.2) is 24.0 Å². The molecule has 0 saturated carbocycles. The average molecular weight is 288 g/mol. The van der Waals surface area contributed by atoms with E-state index >= 15 is 0 Å². The molecule has 1 amide bonds. The number of nitrogens with one attached hydrogen (secondary N) is 2. The maximum Gasteiger partial charge on any atom is 0.251 e. The van der Waals surface area contributed by atoms with Crippen molar-refractivity contribution >= 4 is 17.4 Å². The number of rotatable bonds is 6. The maximum atomic E-state index is 12.7. The van der Waals surface area contributed by atoms with Crippen molar-refractivity contribution in [1.82, 2.24) is 10.3 Å². The summed E-state index contributed by atoms with van der Waals surface area (Å²) in [6.45, 7) is 1.15. The van der Waals surface area contributed by atoms with E-state index in [9.17, 15) is 9.18 Å². The second-order valence-corrected chi connectivity index (χ2v) is 4.48. The van der Waals surface area contributed by atoms with Crippen molar-refractivity contribution in [3.05, 3.63) is 54.0 Å². The number of hydrogen-bond donors (Lipinski definition) is 3. The van der Waals surface area contributed by atoms with Crippen molar-refractivity contribution in [2.75, 3.05) is 24.1 Å². The van der Waals surface area contributed by atoms with E-state index in [0.717, 1.165) is 6.42 Å². The average Bonchev–Trinajstić information content (AvgIpc) is 2.49. The van der Waals surface area contributed by atoms with Crippen LogP contribution in [0.4, 0.5) is 15.9 Å². The molecule has 5 nitrogen and oxygen atoms in total. The molecule has 2 aromatic rings. The van der Waals surface area contributed by atoms with Gasteiger partial charge in [0.1, 0.15) is 11.6 Å². The van der Waals surface area contributed by atoms with Crippen LogP contribution in [0, 0.1) is 5.82 Å². The van der Waals surface area contributed by atoms with Gasteiger partial charge in [0, 0.05) is 24.8 Å². The minimum absolute atomic E-state index is 0.215. The second kappa shape index (κ2) is 7.23. The molecule has 2 rings (SSSR count). The molecule has 0 bridgehead atoms. The fourth-order valence-corrected chi connectivity index (χ4v) is 1.77. The van der Waals surface area contributed by atoms with Gasteiger partial charge in [0.2, 0.25) is 0 Å². The summed E-state index contributed by atoms with van der Waals surface area (Å²) in [6.07, 6.45) is 2.39. The monoisotopic (exact) mass is 288 g/mol. The predicted molar refractivity (Wildman–Crippen MR) is 80.5 cm³/mol. The molecule has 0 aliphatic carbocycles. The molecule has 0 radical (unpaired) electrons. The van der Waals surface area contributed by atoms with Gasteiger partial charge < -0.3 is 16.4 Å². The fourth-order valence-electron chi connectivity index (χ4n) is 1.77. The topological polar surface area (TPSA) is 80.0 Å². The van der Waals surface area contributed by atoms with Crippen molar-refractivity contribution in [3.8, 4) is 0 Å². The molecule has 0 saturated heterocycles. The number of halogens is 1. The minimum atomic E-state index is -0.358. The first-order chi connectivity index (χ1) is 10.2. The number of aromatic nitrogens is 1. The van der Waals surface area contributed by atoms with E-state index in [1.54, 1.807) is 18.3 Å². The number of carbonyl (C=O) groups is 1. The van der Waals surface area contributed by atoms with E-state index in [2.05, 4.69) is 15.6 Å². The Hall–Kier alpha value is -2.63. The van der Waals surface area contributed by atoms with Crippen LogP contribution >= 0.6 is 0 Å². The van der Waals surface area contributed by atoms with E-state index in [4.69, 9.17) is 5.73 Å². The highest BCUT2D eigenvalue weighted by Gasteiger charge is 2.04. The Morgan fingerprint density at radius 1 is 1.19 bits per heavy atom. The Labute approximate surface area is 122 Å². The van der Waals surface area contributed by atoms with Crippen molar-refractivity contribution in [1.29, 1.82) is 0 Å². The summed E-state index contributed by atoms with van der Waals surface area (Å²) in [5.74, 6) is 0.0680. The van der Waals surface area contributed by atoms with Crippen molar-refractivity contribution < 1.29 is 9.18 Å². The highest BCUT2D eigenvalue weighted by atomic mass is 19.1. The standard InChI is InChI=1S/C15H17FN4O/c16-12-6-4-11(5-7-12)15(21)20-10-2-9-19-14-13(17)3-1-8-18-14/h1,3-8H,2,9-10,17H2,(H,18,19)(H,20,21). The largest absolute Gasteiger partial charge is 0.396 e. The van der Waals surface area contributed by atoms with Gasteiger partial charge in [0.15, 0.2) is 0 Å². The molecule has 0 unspecified atom stereocenters. The Balaban J connectivity index is 1.69. The molecular formula is C15H17FN4O. The number of benzene rings is 1. The van der Waals surface area contributed by atoms with Gasteiger partial charge in [-0.1, -0.05) is 0 Å². The van der Waals surface area contributed by atoms with Gasteiger partial charge in [0.05, 0.1) is 5.69 Å². The van der Waals surface area contributed by atoms with Crippen LogP contribution in [0.1, 0.15) is 16.8 Å². The Kier molecular flexibility index (Phi) is 5.09. The number of nitrogen functional groups attached to an aromatic ring is 1. The molecule has 0 spiro atoms. The molecule has 21 heavy (non-hydrogen) atoms. The van der Waals surface area contributed by atoms with Crippen LogP contribution in [0.3, 0.4) is 0 Å². The third kappa shape index (κ3) is 4.45. The number of nitrogens with two attached hydrogens (primary N) is 1. The quantitative estimate of drug-likeness (QED) is 0.711. The summed E-state index contributed by atoms with van der Waals surface area (Å²) in [6, 6.07) is 8.98. The van der Waals surface area contributed by atoms with E-state index in [1.165, 1.54) is 24.3 Å². The summed E-state index contributed by atoms with van der Waals surface area (Å²) in [4.78, 5) is 15.9. The highest BCUT2D eigenvalue weighted by Crippen LogP contribution is 2.12. The summed E-state index contributed by atoms with van der Waals surface area (Å²) in [5, 5.41) is 5.86. The summed E-state index contributed by atoms with van der Waals surface area (Å²) in [5.41, 5.74) is 6.78. The van der Waals surface area contributed by atoms with E-state index < -0.39 is 0 Å². The van der Waals surface area contributed by atoms with Crippen LogP contribution < -0.4 is 16.4 Å². The normalized spacial score (nSPS) is 10.1. The fraction of sp³-hybridized carbons (Fsp3) is 0.200. The third-order valence-electron chi connectivity index (χ3n) is 2.88. The Morgan fingerprint density at radius 3 is 2.67 bits per heavy atom. The zero-order chi connectivity index (χ0) is 15.1. The highest BCUT2D eigenvalue weighted by molar-refractivity contribution is 5.94. The first-order valence-electron chi connectivity index (χ1n) is 6.65. The van der Waals surface area contributed by atoms with E-state index in [1.807, 2.05) is 0 Å². The van der Waals surface area contributed by atoms with Gasteiger partial charge in [0.25, 0.3) is 5.91 Å². The number of anilines is 2. The number of hydrogen-bond acceptors (Lipinski definition) is 4. The molecule has 6 heteroatoms. The smallest absolute Gasteiger partial charge is 0.251 e. The van der Waals surface area contributed by atoms with E-state index in [-0.39, 0.29) is 11.7 Å². The number of carbonyl (C=O) groups excluding carboxylic acids is 1. The Bertz CT molecular complexity index is 601. The lowest BCUT2D eigenvalue weighted by molar-refractivity contribution is 0.0953. The summed E-state index contributed by atoms with van der Waals surface area (Å²) < 4.78 is 12.7. The van der Waals surface area contributed by atoms with Gasteiger partial charge in [-0.05, 0) is 42.8 Å². The van der Waals surface area contributed by atoms with Gasteiger partial charge >= 0.3 is 0 Å². The molecule has 0 atom stereocenters. The molecule has 1 aromatic carbocycles. The van der Waals surface area contributed by atoms with Crippen LogP contribution in [0.5, 0.6) is 0 Å². The van der Waals surface area contributed by atoms with Crippen molar-refractivity contribution in [2.45, 2.75) is 6.42 Å². The lowest BCUT2D eigenvalue weighted by Crippen LogP contribution is -2.25. The molecule has 0 fully saturated rings. The van der Waals surface area contributed by atoms with Crippen molar-refractivity contribution in [3.63, 3.8) is 0 Å². The van der Waals surface area contributed by atoms with Gasteiger partial charge in [-0.25, -0.2) is 9.37 Å². The SMILES string of the molecule is Nc1cccnc1NCCCNC(=O)c1ccc(F)cc1. The maximum absolute atomic E-state index is 12.7. The predicted octanol–water partition coefficient (Wildman–Crippen LogP) is 2.03. The minimum Gasteiger partial charge on any atom is -0.396 e. The van der Waals surface area contributed by atoms with Gasteiger partial charge in [-0.15, -0.1) is 0 Å². The zero-order valence-corrected chi connectivity index (χ0v) is 11.5. The first kappa shape index (κ1) is 14.8. The molecular weight excluding hydrogens is 271 g/mol. The lowest BCUT2D eigenvalue weighted by atomic mass is 10.2. The van der Waals surface area contributed by atoms with Crippen LogP contribution in [0.2, 0.25) is 0 Å². The molecule has 4 N–H and O–H groups in total. The zero-order valence-electron chi connectivity index (χ0n) is 11.5. The van der Waals surface area contributed by atoms with Gasteiger partial charge in [-0.3, -0.25) is 4.79 Å². The van der Waals surface area contributed by atoms with Crippen LogP contribution in [0.25, 0.3) is 0 Å². The molecule has 0 aliphatic rings. The molecule has 1 aromatic heterocycles. The first-order valence-corrected chi connectivity index (χ1v) is 6.65. The number of amides is 1. The Morgan fingerprint density at radius 2 is 1.95 bits per heavy atom. The van der Waals surface area contributed by atoms with Crippen LogP contribution in [0.15, 0.2) is 42.6 Å². The van der Waals surface area contributed by atoms with Gasteiger partial charge in [-0.2, -0.15) is 0 Å².